The van der Waals surface area contributed by atoms with E-state index in [0.29, 0.717) is 13.2 Å². The van der Waals surface area contributed by atoms with E-state index in [2.05, 4.69) is 30.7 Å². The Morgan fingerprint density at radius 2 is 0.614 bits per heavy atom. The molecule has 0 radical (unpaired) electrons. The highest BCUT2D eigenvalue weighted by Crippen LogP contribution is 2.15. The van der Waals surface area contributed by atoms with E-state index in [1.807, 2.05) is 12.5 Å². The number of hydrogen-bond donors (Lipinski definition) is 2. The first-order chi connectivity index (χ1) is 21.8. The molecule has 264 valence electrons. The molecule has 0 amide bonds. The molecule has 0 saturated carbocycles. The highest BCUT2D eigenvalue weighted by Gasteiger charge is 1.95. The van der Waals surface area contributed by atoms with Gasteiger partial charge in [-0.05, 0) is 37.8 Å². The Morgan fingerprint density at radius 3 is 0.864 bits per heavy atom. The average molecular weight is 625 g/mol. The second kappa shape index (κ2) is 46.6. The maximum Gasteiger partial charge on any atom is 0.0861 e. The molecule has 0 rings (SSSR count). The molecule has 0 heterocycles. The van der Waals surface area contributed by atoms with Crippen LogP contribution < -0.4 is 0 Å². The van der Waals surface area contributed by atoms with Gasteiger partial charge in [0.2, 0.25) is 0 Å². The Bertz CT molecular complexity index is 476. The molecule has 0 aliphatic rings. The lowest BCUT2D eigenvalue weighted by atomic mass is 10.0. The van der Waals surface area contributed by atoms with Gasteiger partial charge in [0.05, 0.1) is 39.0 Å². The van der Waals surface area contributed by atoms with E-state index < -0.39 is 0 Å². The molecular formula is C40H80O4. The fourth-order valence-electron chi connectivity index (χ4n) is 5.44. The molecule has 0 aliphatic heterocycles. The van der Waals surface area contributed by atoms with Gasteiger partial charge in [-0.25, -0.2) is 0 Å². The zero-order chi connectivity index (χ0) is 32.3. The van der Waals surface area contributed by atoms with E-state index in [-0.39, 0.29) is 13.2 Å². The second-order valence-corrected chi connectivity index (χ2v) is 12.7. The molecular weight excluding hydrogens is 544 g/mol. The molecule has 0 aliphatic carbocycles. The Morgan fingerprint density at radius 1 is 0.364 bits per heavy atom. The van der Waals surface area contributed by atoms with E-state index in [1.165, 1.54) is 180 Å². The standard InChI is InChI=1S/C36H70O.C4H10O3/c1-3-5-7-9-11-13-15-17-19-21-23-25-27-29-31-33-35-37-36-34-32-30-28-26-24-22-20-18-16-14-12-10-8-6-4-2;5-1-3-7-4-2-6/h33-36H,3-32H2,1-2H3;5-6H,1-4H2/b35-33+,36-34+;. The molecule has 44 heavy (non-hydrogen) atoms. The van der Waals surface area contributed by atoms with Crippen molar-refractivity contribution in [1.29, 1.82) is 0 Å². The van der Waals surface area contributed by atoms with Crippen molar-refractivity contribution in [2.75, 3.05) is 26.4 Å². The zero-order valence-electron chi connectivity index (χ0n) is 30.1. The number of allylic oxidation sites excluding steroid dienone is 2. The molecule has 0 aromatic carbocycles. The maximum atomic E-state index is 8.09. The number of ether oxygens (including phenoxy) is 2. The lowest BCUT2D eigenvalue weighted by Crippen LogP contribution is -2.03. The molecule has 0 bridgehead atoms. The summed E-state index contributed by atoms with van der Waals surface area (Å²) in [6, 6.07) is 0. The van der Waals surface area contributed by atoms with Gasteiger partial charge in [0, 0.05) is 0 Å². The summed E-state index contributed by atoms with van der Waals surface area (Å²) in [5.41, 5.74) is 0. The zero-order valence-corrected chi connectivity index (χ0v) is 30.1. The van der Waals surface area contributed by atoms with Crippen molar-refractivity contribution in [2.24, 2.45) is 0 Å². The summed E-state index contributed by atoms with van der Waals surface area (Å²) in [6.07, 6.45) is 50.4. The van der Waals surface area contributed by atoms with Gasteiger partial charge < -0.3 is 19.7 Å². The summed E-state index contributed by atoms with van der Waals surface area (Å²) in [5, 5.41) is 16.2. The summed E-state index contributed by atoms with van der Waals surface area (Å²) in [5.74, 6) is 0. The highest BCUT2D eigenvalue weighted by molar-refractivity contribution is 4.79. The largest absolute Gasteiger partial charge is 0.473 e. The lowest BCUT2D eigenvalue weighted by Gasteiger charge is -2.03. The predicted molar refractivity (Wildman–Crippen MR) is 194 cm³/mol. The topological polar surface area (TPSA) is 58.9 Å². The quantitative estimate of drug-likeness (QED) is 0.0538. The monoisotopic (exact) mass is 625 g/mol. The number of aliphatic hydroxyl groups is 2. The fraction of sp³-hybridized carbons (Fsp3) is 0.900. The summed E-state index contributed by atoms with van der Waals surface area (Å²) in [4.78, 5) is 0. The van der Waals surface area contributed by atoms with Crippen molar-refractivity contribution in [3.05, 3.63) is 24.7 Å². The van der Waals surface area contributed by atoms with E-state index in [4.69, 9.17) is 14.9 Å². The van der Waals surface area contributed by atoms with Crippen LogP contribution in [0.15, 0.2) is 24.7 Å². The molecule has 0 aromatic rings. The van der Waals surface area contributed by atoms with Gasteiger partial charge in [0.15, 0.2) is 0 Å². The third-order valence-electron chi connectivity index (χ3n) is 8.27. The summed E-state index contributed by atoms with van der Waals surface area (Å²) in [7, 11) is 0. The Labute approximate surface area is 276 Å². The molecule has 0 spiro atoms. The van der Waals surface area contributed by atoms with Crippen LogP contribution in [-0.4, -0.2) is 36.6 Å². The Balaban J connectivity index is 0. The van der Waals surface area contributed by atoms with Crippen molar-refractivity contribution >= 4 is 0 Å². The lowest BCUT2D eigenvalue weighted by molar-refractivity contribution is 0.0650. The van der Waals surface area contributed by atoms with Crippen molar-refractivity contribution < 1.29 is 19.7 Å². The van der Waals surface area contributed by atoms with Crippen LogP contribution in [0.25, 0.3) is 0 Å². The van der Waals surface area contributed by atoms with Gasteiger partial charge >= 0.3 is 0 Å². The number of unbranched alkanes of at least 4 members (excludes halogenated alkanes) is 28. The van der Waals surface area contributed by atoms with Gasteiger partial charge in [-0.2, -0.15) is 0 Å². The highest BCUT2D eigenvalue weighted by atomic mass is 16.5. The Hall–Kier alpha value is -0.840. The van der Waals surface area contributed by atoms with Crippen LogP contribution in [0.2, 0.25) is 0 Å². The molecule has 0 saturated heterocycles. The molecule has 2 N–H and O–H groups in total. The van der Waals surface area contributed by atoms with Crippen LogP contribution in [0, 0.1) is 0 Å². The Kier molecular flexibility index (Phi) is 47.9. The van der Waals surface area contributed by atoms with Crippen LogP contribution in [0.5, 0.6) is 0 Å². The minimum absolute atomic E-state index is 0.0278. The number of hydrogen-bond acceptors (Lipinski definition) is 4. The van der Waals surface area contributed by atoms with Crippen LogP contribution in [0.4, 0.5) is 0 Å². The van der Waals surface area contributed by atoms with Crippen molar-refractivity contribution in [1.82, 2.24) is 0 Å². The van der Waals surface area contributed by atoms with Crippen molar-refractivity contribution in [3.8, 4) is 0 Å². The van der Waals surface area contributed by atoms with Gasteiger partial charge in [-0.15, -0.1) is 0 Å². The first kappa shape index (κ1) is 45.3. The normalized spacial score (nSPS) is 11.5. The van der Waals surface area contributed by atoms with Crippen LogP contribution in [0.1, 0.15) is 206 Å². The first-order valence-electron chi connectivity index (χ1n) is 19.6. The van der Waals surface area contributed by atoms with E-state index >= 15 is 0 Å². The summed E-state index contributed by atoms with van der Waals surface area (Å²) < 4.78 is 10.1. The number of aliphatic hydroxyl groups excluding tert-OH is 2. The van der Waals surface area contributed by atoms with Gasteiger partial charge in [0.1, 0.15) is 0 Å². The first-order valence-corrected chi connectivity index (χ1v) is 19.6. The summed E-state index contributed by atoms with van der Waals surface area (Å²) in [6.45, 7) is 5.29. The third kappa shape index (κ3) is 48.1. The summed E-state index contributed by atoms with van der Waals surface area (Å²) >= 11 is 0. The van der Waals surface area contributed by atoms with Crippen LogP contribution >= 0.6 is 0 Å². The number of rotatable bonds is 36. The fourth-order valence-corrected chi connectivity index (χ4v) is 5.44. The predicted octanol–water partition coefficient (Wildman–Crippen LogP) is 12.8. The molecule has 0 atom stereocenters. The van der Waals surface area contributed by atoms with Gasteiger partial charge in [-0.3, -0.25) is 0 Å². The SMILES string of the molecule is CCCCCCCCCCCCCCCC/C=C/O/C=C/CCCCCCCCCCCCCCCC.OCCOCCO. The smallest absolute Gasteiger partial charge is 0.0861 e. The second-order valence-electron chi connectivity index (χ2n) is 12.7. The minimum atomic E-state index is 0.0278. The van der Waals surface area contributed by atoms with Crippen LogP contribution in [0.3, 0.4) is 0 Å². The molecule has 0 aromatic heterocycles. The van der Waals surface area contributed by atoms with Crippen molar-refractivity contribution in [2.45, 2.75) is 206 Å². The van der Waals surface area contributed by atoms with E-state index in [1.54, 1.807) is 0 Å². The van der Waals surface area contributed by atoms with Gasteiger partial charge in [0.25, 0.3) is 0 Å². The van der Waals surface area contributed by atoms with Crippen molar-refractivity contribution in [3.63, 3.8) is 0 Å². The molecule has 0 unspecified atom stereocenters. The maximum absolute atomic E-state index is 8.09. The van der Waals surface area contributed by atoms with Gasteiger partial charge in [-0.1, -0.05) is 181 Å². The third-order valence-corrected chi connectivity index (χ3v) is 8.27. The molecule has 0 fully saturated rings. The molecule has 4 nitrogen and oxygen atoms in total. The van der Waals surface area contributed by atoms with E-state index in [9.17, 15) is 0 Å². The minimum Gasteiger partial charge on any atom is -0.473 e. The average Bonchev–Trinajstić information content (AvgIpc) is 3.04. The van der Waals surface area contributed by atoms with E-state index in [0.717, 1.165) is 12.8 Å². The van der Waals surface area contributed by atoms with Crippen LogP contribution in [-0.2, 0) is 9.47 Å². The molecule has 4 heteroatoms.